The van der Waals surface area contributed by atoms with Gasteiger partial charge in [0.05, 0.1) is 5.69 Å². The zero-order valence-corrected chi connectivity index (χ0v) is 15.0. The third-order valence-electron chi connectivity index (χ3n) is 5.09. The van der Waals surface area contributed by atoms with Gasteiger partial charge in [-0.3, -0.25) is 4.90 Å². The van der Waals surface area contributed by atoms with E-state index < -0.39 is 0 Å². The highest BCUT2D eigenvalue weighted by Crippen LogP contribution is 2.31. The number of aromatic nitrogens is 3. The smallest absolute Gasteiger partial charge is 0.143 e. The van der Waals surface area contributed by atoms with Crippen molar-refractivity contribution in [2.45, 2.75) is 26.4 Å². The van der Waals surface area contributed by atoms with Crippen molar-refractivity contribution in [1.29, 1.82) is 0 Å². The summed E-state index contributed by atoms with van der Waals surface area (Å²) < 4.78 is 21.7. The fraction of sp³-hybridized carbons (Fsp3) is 0.238. The van der Waals surface area contributed by atoms with Gasteiger partial charge in [0.2, 0.25) is 0 Å². The Bertz CT molecular complexity index is 1130. The summed E-state index contributed by atoms with van der Waals surface area (Å²) in [5, 5.41) is 4.15. The van der Waals surface area contributed by atoms with Gasteiger partial charge in [-0.05, 0) is 36.8 Å². The Labute approximate surface area is 156 Å². The molecule has 0 unspecified atom stereocenters. The number of fused-ring (bicyclic) bond motifs is 2. The number of hydrogen-bond acceptors (Lipinski definition) is 4. The molecular formula is C21H19FN4O. The molecule has 0 bridgehead atoms. The molecule has 27 heavy (non-hydrogen) atoms. The topological polar surface area (TPSA) is 46.6 Å². The molecule has 0 spiro atoms. The van der Waals surface area contributed by atoms with Gasteiger partial charge in [0.15, 0.2) is 0 Å². The highest BCUT2D eigenvalue weighted by Gasteiger charge is 2.26. The first-order valence-corrected chi connectivity index (χ1v) is 9.06. The summed E-state index contributed by atoms with van der Waals surface area (Å²) in [5.41, 5.74) is 5.26. The molecule has 4 heterocycles. The van der Waals surface area contributed by atoms with Gasteiger partial charge >= 0.3 is 0 Å². The van der Waals surface area contributed by atoms with Crippen LogP contribution in [0.4, 0.5) is 4.39 Å². The van der Waals surface area contributed by atoms with Crippen LogP contribution in [-0.2, 0) is 19.5 Å². The monoisotopic (exact) mass is 362 g/mol. The van der Waals surface area contributed by atoms with Crippen molar-refractivity contribution in [2.75, 3.05) is 6.54 Å². The second-order valence-corrected chi connectivity index (χ2v) is 7.08. The standard InChI is InChI=1S/C21H19FN4O/c1-14-6-9-26-12-15(23-20(26)10-14)11-25-8-7-19-17(13-25)21(24-27-19)16-4-2-3-5-18(16)22/h2-6,9-10,12H,7-8,11,13H2,1H3. The summed E-state index contributed by atoms with van der Waals surface area (Å²) in [7, 11) is 0. The van der Waals surface area contributed by atoms with Crippen LogP contribution in [0.15, 0.2) is 53.3 Å². The van der Waals surface area contributed by atoms with Crippen LogP contribution < -0.4 is 0 Å². The average Bonchev–Trinajstić information content (AvgIpc) is 3.25. The van der Waals surface area contributed by atoms with Gasteiger partial charge in [-0.25, -0.2) is 9.37 Å². The minimum absolute atomic E-state index is 0.276. The number of rotatable bonds is 3. The van der Waals surface area contributed by atoms with Gasteiger partial charge in [0, 0.05) is 49.6 Å². The molecule has 0 amide bonds. The molecule has 4 aromatic rings. The van der Waals surface area contributed by atoms with Crippen molar-refractivity contribution in [3.63, 3.8) is 0 Å². The Balaban J connectivity index is 1.42. The zero-order chi connectivity index (χ0) is 18.4. The first kappa shape index (κ1) is 16.2. The molecule has 0 atom stereocenters. The van der Waals surface area contributed by atoms with E-state index in [-0.39, 0.29) is 5.82 Å². The molecule has 0 aliphatic carbocycles. The minimum atomic E-state index is -0.276. The average molecular weight is 362 g/mol. The molecule has 0 saturated carbocycles. The van der Waals surface area contributed by atoms with Gasteiger partial charge in [-0.2, -0.15) is 0 Å². The molecule has 136 valence electrons. The van der Waals surface area contributed by atoms with Crippen molar-refractivity contribution in [3.05, 3.63) is 77.2 Å². The van der Waals surface area contributed by atoms with E-state index in [1.54, 1.807) is 12.1 Å². The first-order chi connectivity index (χ1) is 13.2. The van der Waals surface area contributed by atoms with Gasteiger partial charge in [-0.15, -0.1) is 0 Å². The molecule has 0 N–H and O–H groups in total. The van der Waals surface area contributed by atoms with Crippen LogP contribution in [0.25, 0.3) is 16.9 Å². The zero-order valence-electron chi connectivity index (χ0n) is 15.0. The predicted octanol–water partition coefficient (Wildman–Crippen LogP) is 4.00. The third kappa shape index (κ3) is 2.92. The van der Waals surface area contributed by atoms with Crippen LogP contribution in [0, 0.1) is 12.7 Å². The van der Waals surface area contributed by atoms with Crippen LogP contribution >= 0.6 is 0 Å². The molecule has 1 aliphatic heterocycles. The van der Waals surface area contributed by atoms with Crippen molar-refractivity contribution in [1.82, 2.24) is 19.4 Å². The number of aryl methyl sites for hydroxylation is 1. The molecule has 1 aromatic carbocycles. The number of nitrogens with zero attached hydrogens (tertiary/aromatic N) is 4. The third-order valence-corrected chi connectivity index (χ3v) is 5.09. The summed E-state index contributed by atoms with van der Waals surface area (Å²) in [6.45, 7) is 4.35. The SMILES string of the molecule is Cc1ccn2cc(CN3CCc4onc(-c5ccccc5F)c4C3)nc2c1. The second kappa shape index (κ2) is 6.32. The quantitative estimate of drug-likeness (QED) is 0.553. The fourth-order valence-corrected chi connectivity index (χ4v) is 3.71. The molecule has 0 fully saturated rings. The van der Waals surface area contributed by atoms with E-state index in [0.29, 0.717) is 17.8 Å². The molecule has 3 aromatic heterocycles. The molecule has 1 aliphatic rings. The Hall–Kier alpha value is -2.99. The van der Waals surface area contributed by atoms with Gasteiger partial charge in [0.25, 0.3) is 0 Å². The van der Waals surface area contributed by atoms with Crippen molar-refractivity contribution in [2.24, 2.45) is 0 Å². The molecule has 5 nitrogen and oxygen atoms in total. The number of pyridine rings is 1. The molecular weight excluding hydrogens is 343 g/mol. The van der Waals surface area contributed by atoms with E-state index in [0.717, 1.165) is 42.2 Å². The molecule has 0 radical (unpaired) electrons. The van der Waals surface area contributed by atoms with Gasteiger partial charge < -0.3 is 8.92 Å². The van der Waals surface area contributed by atoms with Crippen LogP contribution in [0.5, 0.6) is 0 Å². The summed E-state index contributed by atoms with van der Waals surface area (Å²) >= 11 is 0. The Kier molecular flexibility index (Phi) is 3.79. The summed E-state index contributed by atoms with van der Waals surface area (Å²) in [6.07, 6.45) is 4.87. The van der Waals surface area contributed by atoms with E-state index in [1.807, 2.05) is 16.7 Å². The lowest BCUT2D eigenvalue weighted by Crippen LogP contribution is -2.29. The largest absolute Gasteiger partial charge is 0.360 e. The Morgan fingerprint density at radius 2 is 2.11 bits per heavy atom. The molecule has 0 saturated heterocycles. The van der Waals surface area contributed by atoms with Crippen LogP contribution in [-0.4, -0.2) is 26.0 Å². The van der Waals surface area contributed by atoms with E-state index in [1.165, 1.54) is 11.6 Å². The fourth-order valence-electron chi connectivity index (χ4n) is 3.71. The molecule has 6 heteroatoms. The highest BCUT2D eigenvalue weighted by atomic mass is 19.1. The summed E-state index contributed by atoms with van der Waals surface area (Å²) in [4.78, 5) is 7.03. The molecule has 5 rings (SSSR count). The van der Waals surface area contributed by atoms with Crippen molar-refractivity contribution in [3.8, 4) is 11.3 Å². The van der Waals surface area contributed by atoms with Crippen LogP contribution in [0.1, 0.15) is 22.6 Å². The number of benzene rings is 1. The minimum Gasteiger partial charge on any atom is -0.360 e. The lowest BCUT2D eigenvalue weighted by Gasteiger charge is -2.25. The number of imidazole rings is 1. The van der Waals surface area contributed by atoms with Crippen LogP contribution in [0.2, 0.25) is 0 Å². The summed E-state index contributed by atoms with van der Waals surface area (Å²) in [5.74, 6) is 0.580. The maximum atomic E-state index is 14.2. The second-order valence-electron chi connectivity index (χ2n) is 7.08. The van der Waals surface area contributed by atoms with E-state index in [4.69, 9.17) is 9.51 Å². The maximum Gasteiger partial charge on any atom is 0.143 e. The lowest BCUT2D eigenvalue weighted by atomic mass is 10.0. The summed E-state index contributed by atoms with van der Waals surface area (Å²) in [6, 6.07) is 10.9. The van der Waals surface area contributed by atoms with E-state index >= 15 is 0 Å². The van der Waals surface area contributed by atoms with Gasteiger partial charge in [-0.1, -0.05) is 17.3 Å². The predicted molar refractivity (Wildman–Crippen MR) is 99.6 cm³/mol. The van der Waals surface area contributed by atoms with Gasteiger partial charge in [0.1, 0.15) is 22.9 Å². The normalized spacial score (nSPS) is 14.6. The van der Waals surface area contributed by atoms with E-state index in [9.17, 15) is 4.39 Å². The number of hydrogen-bond donors (Lipinski definition) is 0. The van der Waals surface area contributed by atoms with Crippen LogP contribution in [0.3, 0.4) is 0 Å². The number of halogens is 1. The lowest BCUT2D eigenvalue weighted by molar-refractivity contribution is 0.226. The maximum absolute atomic E-state index is 14.2. The van der Waals surface area contributed by atoms with E-state index in [2.05, 4.69) is 35.3 Å². The van der Waals surface area contributed by atoms with Crippen molar-refractivity contribution >= 4 is 5.65 Å². The van der Waals surface area contributed by atoms with Crippen molar-refractivity contribution < 1.29 is 8.91 Å². The highest BCUT2D eigenvalue weighted by molar-refractivity contribution is 5.64. The Morgan fingerprint density at radius 3 is 3.00 bits per heavy atom. The Morgan fingerprint density at radius 1 is 1.22 bits per heavy atom. The first-order valence-electron chi connectivity index (χ1n) is 9.06.